The summed E-state index contributed by atoms with van der Waals surface area (Å²) >= 11 is 6.17. The van der Waals surface area contributed by atoms with E-state index < -0.39 is 5.97 Å². The Morgan fingerprint density at radius 2 is 2.10 bits per heavy atom. The van der Waals surface area contributed by atoms with E-state index >= 15 is 0 Å². The second-order valence-corrected chi connectivity index (χ2v) is 5.04. The minimum atomic E-state index is -0.965. The van der Waals surface area contributed by atoms with Crippen LogP contribution >= 0.6 is 11.6 Å². The topological polar surface area (TPSA) is 58.6 Å². The lowest BCUT2D eigenvalue weighted by Gasteiger charge is -2.14. The lowest BCUT2D eigenvalue weighted by molar-refractivity contribution is 0.0698. The lowest BCUT2D eigenvalue weighted by atomic mass is 10.1. The second kappa shape index (κ2) is 6.50. The average molecular weight is 306 g/mol. The number of hydrogen-bond donors (Lipinski definition) is 2. The molecule has 5 heteroatoms. The summed E-state index contributed by atoms with van der Waals surface area (Å²) in [7, 11) is 1.57. The second-order valence-electron chi connectivity index (χ2n) is 4.63. The van der Waals surface area contributed by atoms with Crippen molar-refractivity contribution in [2.24, 2.45) is 0 Å². The molecule has 0 fully saturated rings. The number of benzene rings is 2. The molecule has 0 unspecified atom stereocenters. The summed E-state index contributed by atoms with van der Waals surface area (Å²) in [6, 6.07) is 10.6. The molecule has 0 heterocycles. The number of ether oxygens (including phenoxy) is 1. The monoisotopic (exact) mass is 305 g/mol. The van der Waals surface area contributed by atoms with Crippen molar-refractivity contribution in [2.45, 2.75) is 13.5 Å². The number of nitrogens with one attached hydrogen (secondary N) is 1. The molecule has 0 radical (unpaired) electrons. The Hall–Kier alpha value is -2.20. The van der Waals surface area contributed by atoms with E-state index in [0.29, 0.717) is 23.0 Å². The van der Waals surface area contributed by atoms with E-state index in [1.807, 2.05) is 19.1 Å². The SMILES string of the molecule is COc1cccc(Cl)c1CNc1ccc(C)cc1C(=O)O. The molecule has 0 bridgehead atoms. The number of hydrogen-bond acceptors (Lipinski definition) is 3. The van der Waals surface area contributed by atoms with Crippen LogP contribution in [0.25, 0.3) is 0 Å². The number of aromatic carboxylic acids is 1. The minimum absolute atomic E-state index is 0.237. The van der Waals surface area contributed by atoms with Gasteiger partial charge in [0.2, 0.25) is 0 Å². The van der Waals surface area contributed by atoms with Crippen LogP contribution in [0.5, 0.6) is 5.75 Å². The fourth-order valence-corrected chi connectivity index (χ4v) is 2.31. The van der Waals surface area contributed by atoms with E-state index in [2.05, 4.69) is 5.32 Å². The van der Waals surface area contributed by atoms with Gasteiger partial charge in [-0.15, -0.1) is 0 Å². The summed E-state index contributed by atoms with van der Waals surface area (Å²) < 4.78 is 5.27. The smallest absolute Gasteiger partial charge is 0.337 e. The standard InChI is InChI=1S/C16H16ClNO3/c1-10-6-7-14(11(8-10)16(19)20)18-9-12-13(17)4-3-5-15(12)21-2/h3-8,18H,9H2,1-2H3,(H,19,20). The number of aryl methyl sites for hydroxylation is 1. The summed E-state index contributed by atoms with van der Waals surface area (Å²) in [6.45, 7) is 2.24. The molecule has 0 saturated carbocycles. The van der Waals surface area contributed by atoms with Crippen molar-refractivity contribution in [3.63, 3.8) is 0 Å². The Morgan fingerprint density at radius 3 is 2.76 bits per heavy atom. The predicted molar refractivity (Wildman–Crippen MR) is 83.5 cm³/mol. The van der Waals surface area contributed by atoms with E-state index in [1.165, 1.54) is 0 Å². The van der Waals surface area contributed by atoms with Crippen LogP contribution in [0.3, 0.4) is 0 Å². The van der Waals surface area contributed by atoms with Crippen molar-refractivity contribution in [3.8, 4) is 5.75 Å². The Morgan fingerprint density at radius 1 is 1.33 bits per heavy atom. The van der Waals surface area contributed by atoms with Gasteiger partial charge >= 0.3 is 5.97 Å². The zero-order valence-electron chi connectivity index (χ0n) is 11.8. The molecule has 21 heavy (non-hydrogen) atoms. The average Bonchev–Trinajstić information content (AvgIpc) is 2.46. The Kier molecular flexibility index (Phi) is 4.70. The highest BCUT2D eigenvalue weighted by molar-refractivity contribution is 6.31. The first-order chi connectivity index (χ1) is 10.0. The normalized spacial score (nSPS) is 10.2. The summed E-state index contributed by atoms with van der Waals surface area (Å²) in [6.07, 6.45) is 0. The molecule has 0 atom stereocenters. The number of anilines is 1. The summed E-state index contributed by atoms with van der Waals surface area (Å²) in [5.41, 5.74) is 2.47. The molecule has 0 aliphatic carbocycles. The van der Waals surface area contributed by atoms with Gasteiger partial charge in [0.1, 0.15) is 5.75 Å². The maximum Gasteiger partial charge on any atom is 0.337 e. The van der Waals surface area contributed by atoms with Crippen LogP contribution in [0, 0.1) is 6.92 Å². The molecule has 0 aliphatic rings. The zero-order valence-corrected chi connectivity index (χ0v) is 12.6. The molecule has 2 aromatic carbocycles. The third-order valence-electron chi connectivity index (χ3n) is 3.16. The van der Waals surface area contributed by atoms with Gasteiger partial charge < -0.3 is 15.2 Å². The van der Waals surface area contributed by atoms with Gasteiger partial charge in [-0.3, -0.25) is 0 Å². The van der Waals surface area contributed by atoms with Gasteiger partial charge in [0.05, 0.1) is 12.7 Å². The van der Waals surface area contributed by atoms with E-state index in [-0.39, 0.29) is 5.56 Å². The number of methoxy groups -OCH3 is 1. The highest BCUT2D eigenvalue weighted by atomic mass is 35.5. The molecular weight excluding hydrogens is 290 g/mol. The minimum Gasteiger partial charge on any atom is -0.496 e. The van der Waals surface area contributed by atoms with Crippen LogP contribution in [-0.4, -0.2) is 18.2 Å². The van der Waals surface area contributed by atoms with Gasteiger partial charge in [-0.2, -0.15) is 0 Å². The maximum atomic E-state index is 11.3. The van der Waals surface area contributed by atoms with Crippen molar-refractivity contribution >= 4 is 23.3 Å². The van der Waals surface area contributed by atoms with Gasteiger partial charge in [0.25, 0.3) is 0 Å². The fourth-order valence-electron chi connectivity index (χ4n) is 2.07. The Labute approximate surface area is 128 Å². The molecule has 0 aliphatic heterocycles. The summed E-state index contributed by atoms with van der Waals surface area (Å²) in [4.78, 5) is 11.3. The van der Waals surface area contributed by atoms with Gasteiger partial charge in [-0.1, -0.05) is 29.3 Å². The van der Waals surface area contributed by atoms with E-state index in [4.69, 9.17) is 16.3 Å². The van der Waals surface area contributed by atoms with Crippen LogP contribution in [0.1, 0.15) is 21.5 Å². The maximum absolute atomic E-state index is 11.3. The molecule has 0 spiro atoms. The number of carbonyl (C=O) groups is 1. The third-order valence-corrected chi connectivity index (χ3v) is 3.51. The number of halogens is 1. The largest absolute Gasteiger partial charge is 0.496 e. The van der Waals surface area contributed by atoms with Crippen LogP contribution in [-0.2, 0) is 6.54 Å². The number of carboxylic acids is 1. The van der Waals surface area contributed by atoms with Crippen molar-refractivity contribution in [1.82, 2.24) is 0 Å². The summed E-state index contributed by atoms with van der Waals surface area (Å²) in [5, 5.41) is 12.9. The third kappa shape index (κ3) is 3.47. The lowest BCUT2D eigenvalue weighted by Crippen LogP contribution is -2.08. The van der Waals surface area contributed by atoms with Crippen molar-refractivity contribution in [3.05, 3.63) is 58.1 Å². The first kappa shape index (κ1) is 15.2. The highest BCUT2D eigenvalue weighted by Gasteiger charge is 2.12. The van der Waals surface area contributed by atoms with Crippen molar-refractivity contribution in [1.29, 1.82) is 0 Å². The van der Waals surface area contributed by atoms with E-state index in [0.717, 1.165) is 11.1 Å². The van der Waals surface area contributed by atoms with Crippen LogP contribution in [0.15, 0.2) is 36.4 Å². The first-order valence-electron chi connectivity index (χ1n) is 6.42. The van der Waals surface area contributed by atoms with Crippen LogP contribution in [0.4, 0.5) is 5.69 Å². The molecule has 2 rings (SSSR count). The van der Waals surface area contributed by atoms with Crippen LogP contribution < -0.4 is 10.1 Å². The Bertz CT molecular complexity index is 671. The van der Waals surface area contributed by atoms with E-state index in [1.54, 1.807) is 31.4 Å². The van der Waals surface area contributed by atoms with Crippen molar-refractivity contribution in [2.75, 3.05) is 12.4 Å². The molecule has 2 aromatic rings. The van der Waals surface area contributed by atoms with Crippen molar-refractivity contribution < 1.29 is 14.6 Å². The van der Waals surface area contributed by atoms with Gasteiger partial charge in [-0.25, -0.2) is 4.79 Å². The molecule has 0 saturated heterocycles. The number of rotatable bonds is 5. The van der Waals surface area contributed by atoms with Gasteiger partial charge in [-0.05, 0) is 31.2 Å². The number of carboxylic acid groups (broad SMARTS) is 1. The molecule has 2 N–H and O–H groups in total. The quantitative estimate of drug-likeness (QED) is 0.877. The van der Waals surface area contributed by atoms with E-state index in [9.17, 15) is 9.90 Å². The Balaban J connectivity index is 2.27. The predicted octanol–water partition coefficient (Wildman–Crippen LogP) is 3.97. The van der Waals surface area contributed by atoms with Gasteiger partial charge in [0.15, 0.2) is 0 Å². The molecule has 110 valence electrons. The first-order valence-corrected chi connectivity index (χ1v) is 6.80. The van der Waals surface area contributed by atoms with Crippen LogP contribution in [0.2, 0.25) is 5.02 Å². The molecule has 0 amide bonds. The van der Waals surface area contributed by atoms with Gasteiger partial charge in [0, 0.05) is 22.8 Å². The molecular formula is C16H16ClNO3. The fraction of sp³-hybridized carbons (Fsp3) is 0.188. The zero-order chi connectivity index (χ0) is 15.4. The molecule has 0 aromatic heterocycles. The molecule has 4 nitrogen and oxygen atoms in total. The highest BCUT2D eigenvalue weighted by Crippen LogP contribution is 2.28. The summed E-state index contributed by atoms with van der Waals surface area (Å²) in [5.74, 6) is -0.300.